The largest absolute Gasteiger partial charge is 0.240 e. The van der Waals surface area contributed by atoms with Crippen LogP contribution in [0, 0.1) is 19.8 Å². The molecule has 0 aromatic heterocycles. The van der Waals surface area contributed by atoms with E-state index in [1.54, 1.807) is 12.1 Å². The molecule has 1 aromatic carbocycles. The summed E-state index contributed by atoms with van der Waals surface area (Å²) in [6.45, 7) is 8.06. The minimum absolute atomic E-state index is 0.0772. The number of hydrogen-bond donors (Lipinski definition) is 1. The second-order valence-electron chi connectivity index (χ2n) is 5.35. The van der Waals surface area contributed by atoms with Crippen molar-refractivity contribution in [1.82, 2.24) is 4.72 Å². The fourth-order valence-electron chi connectivity index (χ4n) is 1.88. The second-order valence-corrected chi connectivity index (χ2v) is 7.71. The Hall–Kier alpha value is -0.390. The Bertz CT molecular complexity index is 526. The molecule has 0 aliphatic heterocycles. The highest BCUT2D eigenvalue weighted by Gasteiger charge is 2.20. The minimum Gasteiger partial charge on any atom is -0.207 e. The number of benzene rings is 1. The van der Waals surface area contributed by atoms with Crippen LogP contribution in [-0.2, 0) is 10.0 Å². The lowest BCUT2D eigenvalue weighted by atomic mass is 10.1. The van der Waals surface area contributed by atoms with Crippen molar-refractivity contribution in [2.45, 2.75) is 45.1 Å². The molecular weight excluding hydrogens is 326 g/mol. The first-order valence-corrected chi connectivity index (χ1v) is 9.02. The maximum absolute atomic E-state index is 12.3. The van der Waals surface area contributed by atoms with Crippen molar-refractivity contribution in [2.24, 2.45) is 5.92 Å². The Morgan fingerprint density at radius 2 is 1.84 bits per heavy atom. The van der Waals surface area contributed by atoms with Gasteiger partial charge in [0.25, 0.3) is 0 Å². The lowest BCUT2D eigenvalue weighted by Crippen LogP contribution is -2.37. The number of hydrogen-bond acceptors (Lipinski definition) is 2. The van der Waals surface area contributed by atoms with Crippen LogP contribution in [0.25, 0.3) is 0 Å². The summed E-state index contributed by atoms with van der Waals surface area (Å²) in [5, 5.41) is 0.620. The summed E-state index contributed by atoms with van der Waals surface area (Å²) in [6, 6.07) is 5.14. The van der Waals surface area contributed by atoms with Crippen LogP contribution in [0.3, 0.4) is 0 Å². The molecule has 0 aliphatic carbocycles. The predicted molar refractivity (Wildman–Crippen MR) is 83.3 cm³/mol. The van der Waals surface area contributed by atoms with Crippen molar-refractivity contribution in [3.63, 3.8) is 0 Å². The van der Waals surface area contributed by atoms with Gasteiger partial charge in [0.05, 0.1) is 4.90 Å². The van der Waals surface area contributed by atoms with Gasteiger partial charge < -0.3 is 0 Å². The fraction of sp³-hybridized carbons (Fsp3) is 0.571. The number of alkyl halides is 1. The van der Waals surface area contributed by atoms with Crippen LogP contribution in [0.4, 0.5) is 0 Å². The summed E-state index contributed by atoms with van der Waals surface area (Å²) in [4.78, 5) is 0.338. The van der Waals surface area contributed by atoms with E-state index in [-0.39, 0.29) is 6.04 Å². The Kier molecular flexibility index (Phi) is 6.02. The maximum atomic E-state index is 12.3. The van der Waals surface area contributed by atoms with E-state index >= 15 is 0 Å². The van der Waals surface area contributed by atoms with E-state index in [4.69, 9.17) is 0 Å². The summed E-state index contributed by atoms with van der Waals surface area (Å²) in [6.07, 6.45) is 0.815. The highest BCUT2D eigenvalue weighted by atomic mass is 79.9. The molecule has 1 atom stereocenters. The Balaban J connectivity index is 2.93. The fourth-order valence-corrected chi connectivity index (χ4v) is 3.85. The average Bonchev–Trinajstić information content (AvgIpc) is 2.30. The molecule has 0 saturated carbocycles. The van der Waals surface area contributed by atoms with Gasteiger partial charge in [0.1, 0.15) is 0 Å². The van der Waals surface area contributed by atoms with Gasteiger partial charge in [-0.05, 0) is 49.4 Å². The molecule has 5 heteroatoms. The molecular formula is C14H22BrNO2S. The molecule has 0 saturated heterocycles. The van der Waals surface area contributed by atoms with Gasteiger partial charge in [-0.25, -0.2) is 13.1 Å². The molecule has 19 heavy (non-hydrogen) atoms. The summed E-state index contributed by atoms with van der Waals surface area (Å²) in [5.41, 5.74) is 2.08. The van der Waals surface area contributed by atoms with Crippen LogP contribution in [-0.4, -0.2) is 19.8 Å². The molecule has 0 aliphatic rings. The molecule has 0 fully saturated rings. The van der Waals surface area contributed by atoms with E-state index in [2.05, 4.69) is 34.5 Å². The molecule has 0 radical (unpaired) electrons. The van der Waals surface area contributed by atoms with Gasteiger partial charge in [0.15, 0.2) is 0 Å². The Morgan fingerprint density at radius 3 is 2.32 bits per heavy atom. The van der Waals surface area contributed by atoms with Gasteiger partial charge in [0.2, 0.25) is 10.0 Å². The van der Waals surface area contributed by atoms with Crippen molar-refractivity contribution >= 4 is 26.0 Å². The molecule has 3 nitrogen and oxygen atoms in total. The molecule has 1 aromatic rings. The first-order valence-electron chi connectivity index (χ1n) is 6.41. The molecule has 108 valence electrons. The summed E-state index contributed by atoms with van der Waals surface area (Å²) < 4.78 is 27.4. The van der Waals surface area contributed by atoms with Gasteiger partial charge in [-0.15, -0.1) is 0 Å². The van der Waals surface area contributed by atoms with E-state index in [1.807, 2.05) is 19.9 Å². The van der Waals surface area contributed by atoms with Gasteiger partial charge in [-0.3, -0.25) is 0 Å². The van der Waals surface area contributed by atoms with Gasteiger partial charge in [-0.2, -0.15) is 0 Å². The van der Waals surface area contributed by atoms with E-state index in [0.29, 0.717) is 16.1 Å². The van der Waals surface area contributed by atoms with E-state index in [0.717, 1.165) is 17.5 Å². The van der Waals surface area contributed by atoms with E-state index < -0.39 is 10.0 Å². The van der Waals surface area contributed by atoms with Gasteiger partial charge in [-0.1, -0.05) is 35.8 Å². The molecule has 0 amide bonds. The van der Waals surface area contributed by atoms with Crippen molar-refractivity contribution in [3.8, 4) is 0 Å². The van der Waals surface area contributed by atoms with Gasteiger partial charge in [0, 0.05) is 11.4 Å². The highest BCUT2D eigenvalue weighted by molar-refractivity contribution is 9.09. The smallest absolute Gasteiger partial charge is 0.207 e. The lowest BCUT2D eigenvalue weighted by molar-refractivity contribution is 0.488. The third-order valence-corrected chi connectivity index (χ3v) is 5.35. The lowest BCUT2D eigenvalue weighted by Gasteiger charge is -2.18. The van der Waals surface area contributed by atoms with Crippen LogP contribution in [0.15, 0.2) is 23.1 Å². The zero-order valence-electron chi connectivity index (χ0n) is 11.9. The van der Waals surface area contributed by atoms with Crippen LogP contribution in [0.2, 0.25) is 0 Å². The van der Waals surface area contributed by atoms with Crippen molar-refractivity contribution in [2.75, 3.05) is 5.33 Å². The number of nitrogens with one attached hydrogen (secondary N) is 1. The van der Waals surface area contributed by atoms with Crippen molar-refractivity contribution < 1.29 is 8.42 Å². The first-order chi connectivity index (χ1) is 8.76. The van der Waals surface area contributed by atoms with Crippen LogP contribution >= 0.6 is 15.9 Å². The quantitative estimate of drug-likeness (QED) is 0.801. The van der Waals surface area contributed by atoms with Gasteiger partial charge >= 0.3 is 0 Å². The molecule has 1 N–H and O–H groups in total. The topological polar surface area (TPSA) is 46.2 Å². The monoisotopic (exact) mass is 347 g/mol. The second kappa shape index (κ2) is 6.86. The molecule has 1 rings (SSSR count). The van der Waals surface area contributed by atoms with Crippen molar-refractivity contribution in [3.05, 3.63) is 29.3 Å². The number of halogens is 1. The van der Waals surface area contributed by atoms with E-state index in [1.165, 1.54) is 0 Å². The third-order valence-electron chi connectivity index (χ3n) is 3.05. The molecule has 0 bridgehead atoms. The SMILES string of the molecule is Cc1ccc(S(=O)(=O)NC(CBr)CC(C)C)cc1C. The zero-order chi connectivity index (χ0) is 14.6. The van der Waals surface area contributed by atoms with E-state index in [9.17, 15) is 8.42 Å². The van der Waals surface area contributed by atoms with Crippen LogP contribution < -0.4 is 4.72 Å². The van der Waals surface area contributed by atoms with Crippen molar-refractivity contribution in [1.29, 1.82) is 0 Å². The zero-order valence-corrected chi connectivity index (χ0v) is 14.3. The van der Waals surface area contributed by atoms with Crippen LogP contribution in [0.1, 0.15) is 31.4 Å². The normalized spacial score (nSPS) is 13.8. The summed E-state index contributed by atoms with van der Waals surface area (Å²) in [5.74, 6) is 0.449. The molecule has 1 unspecified atom stereocenters. The number of rotatable bonds is 6. The Morgan fingerprint density at radius 1 is 1.21 bits per heavy atom. The third kappa shape index (κ3) is 4.89. The predicted octanol–water partition coefficient (Wildman–Crippen LogP) is 3.39. The van der Waals surface area contributed by atoms with Crippen LogP contribution in [0.5, 0.6) is 0 Å². The first kappa shape index (κ1) is 16.7. The number of aryl methyl sites for hydroxylation is 2. The summed E-state index contributed by atoms with van der Waals surface area (Å²) >= 11 is 3.37. The standard InChI is InChI=1S/C14H22BrNO2S/c1-10(2)7-13(9-15)16-19(17,18)14-6-5-11(3)12(4)8-14/h5-6,8,10,13,16H,7,9H2,1-4H3. The number of sulfonamides is 1. The summed E-state index contributed by atoms with van der Waals surface area (Å²) in [7, 11) is -3.44. The molecule has 0 heterocycles. The molecule has 0 spiro atoms. The Labute approximate surface area is 125 Å². The maximum Gasteiger partial charge on any atom is 0.240 e. The minimum atomic E-state index is -3.44. The highest BCUT2D eigenvalue weighted by Crippen LogP contribution is 2.16. The average molecular weight is 348 g/mol.